The van der Waals surface area contributed by atoms with Crippen LogP contribution in [0.25, 0.3) is 22.0 Å². The molecular weight excluding hydrogens is 394 g/mol. The Hall–Kier alpha value is -4.13. The molecule has 0 saturated carbocycles. The van der Waals surface area contributed by atoms with Gasteiger partial charge < -0.3 is 14.8 Å². The molecule has 0 aliphatic heterocycles. The quantitative estimate of drug-likeness (QED) is 0.445. The van der Waals surface area contributed by atoms with Gasteiger partial charge in [0.05, 0.1) is 25.3 Å². The number of methoxy groups -OCH3 is 2. The predicted molar refractivity (Wildman–Crippen MR) is 119 cm³/mol. The highest BCUT2D eigenvalue weighted by Gasteiger charge is 2.16. The third-order valence-corrected chi connectivity index (χ3v) is 5.05. The summed E-state index contributed by atoms with van der Waals surface area (Å²) in [5.41, 5.74) is 3.66. The van der Waals surface area contributed by atoms with Gasteiger partial charge in [0.1, 0.15) is 11.5 Å². The van der Waals surface area contributed by atoms with Gasteiger partial charge in [0.15, 0.2) is 11.6 Å². The molecule has 156 valence electrons. The maximum absolute atomic E-state index is 12.8. The van der Waals surface area contributed by atoms with Crippen LogP contribution in [0.1, 0.15) is 27.6 Å². The number of anilines is 1. The molecule has 2 N–H and O–H groups in total. The Morgan fingerprint density at radius 2 is 1.74 bits per heavy atom. The van der Waals surface area contributed by atoms with E-state index in [0.29, 0.717) is 28.4 Å². The van der Waals surface area contributed by atoms with Gasteiger partial charge >= 0.3 is 0 Å². The van der Waals surface area contributed by atoms with Gasteiger partial charge in [-0.2, -0.15) is 5.10 Å². The van der Waals surface area contributed by atoms with Crippen LogP contribution < -0.4 is 14.8 Å². The summed E-state index contributed by atoms with van der Waals surface area (Å²) in [5.74, 6) is 1.10. The van der Waals surface area contributed by atoms with Crippen molar-refractivity contribution in [1.82, 2.24) is 10.2 Å². The number of aromatic amines is 1. The number of rotatable bonds is 6. The Morgan fingerprint density at radius 3 is 2.48 bits per heavy atom. The summed E-state index contributed by atoms with van der Waals surface area (Å²) in [7, 11) is 3.05. The minimum absolute atomic E-state index is 0.0171. The third-order valence-electron chi connectivity index (χ3n) is 5.05. The third kappa shape index (κ3) is 3.98. The smallest absolute Gasteiger partial charge is 0.260 e. The molecule has 4 aromatic rings. The van der Waals surface area contributed by atoms with E-state index in [0.717, 1.165) is 22.0 Å². The molecule has 7 heteroatoms. The monoisotopic (exact) mass is 415 g/mol. The van der Waals surface area contributed by atoms with Crippen LogP contribution in [0.5, 0.6) is 11.5 Å². The highest BCUT2D eigenvalue weighted by molar-refractivity contribution is 6.09. The van der Waals surface area contributed by atoms with Gasteiger partial charge in [-0.25, -0.2) is 0 Å². The molecule has 0 atom stereocenters. The van der Waals surface area contributed by atoms with Crippen molar-refractivity contribution in [1.29, 1.82) is 0 Å². The van der Waals surface area contributed by atoms with Gasteiger partial charge in [-0.1, -0.05) is 24.3 Å². The topological polar surface area (TPSA) is 93.3 Å². The highest BCUT2D eigenvalue weighted by atomic mass is 16.5. The second-order valence-corrected chi connectivity index (χ2v) is 6.99. The number of amides is 1. The number of carbonyl (C=O) groups excluding carboxylic acids is 2. The van der Waals surface area contributed by atoms with Crippen LogP contribution in [-0.4, -0.2) is 36.1 Å². The van der Waals surface area contributed by atoms with Crippen molar-refractivity contribution in [3.05, 3.63) is 71.8 Å². The molecule has 0 spiro atoms. The highest BCUT2D eigenvalue weighted by Crippen LogP contribution is 2.29. The van der Waals surface area contributed by atoms with E-state index in [9.17, 15) is 9.59 Å². The van der Waals surface area contributed by atoms with Crippen molar-refractivity contribution in [3.63, 3.8) is 0 Å². The molecule has 4 rings (SSSR count). The first-order valence-electron chi connectivity index (χ1n) is 9.63. The molecule has 0 bridgehead atoms. The van der Waals surface area contributed by atoms with E-state index >= 15 is 0 Å². The second-order valence-electron chi connectivity index (χ2n) is 6.99. The van der Waals surface area contributed by atoms with Gasteiger partial charge in [0.25, 0.3) is 5.91 Å². The lowest BCUT2D eigenvalue weighted by atomic mass is 10.0. The van der Waals surface area contributed by atoms with E-state index in [1.807, 2.05) is 36.4 Å². The van der Waals surface area contributed by atoms with Crippen molar-refractivity contribution in [2.24, 2.45) is 0 Å². The first-order valence-corrected chi connectivity index (χ1v) is 9.63. The van der Waals surface area contributed by atoms with Crippen molar-refractivity contribution < 1.29 is 19.1 Å². The Kier molecular flexibility index (Phi) is 5.41. The summed E-state index contributed by atoms with van der Waals surface area (Å²) in [6.45, 7) is 1.55. The molecule has 0 aliphatic carbocycles. The SMILES string of the molecule is COc1ccc(C(=O)Nc2n[nH]c3cc(-c4cccc(C(C)=O)c4)ccc23)c(OC)c1. The van der Waals surface area contributed by atoms with E-state index in [-0.39, 0.29) is 11.7 Å². The van der Waals surface area contributed by atoms with Gasteiger partial charge in [-0.05, 0) is 48.4 Å². The summed E-state index contributed by atoms with van der Waals surface area (Å²) < 4.78 is 10.5. The van der Waals surface area contributed by atoms with Crippen LogP contribution in [-0.2, 0) is 0 Å². The van der Waals surface area contributed by atoms with E-state index in [1.165, 1.54) is 7.11 Å². The molecule has 0 saturated heterocycles. The van der Waals surface area contributed by atoms with Crippen LogP contribution in [0.15, 0.2) is 60.7 Å². The number of nitrogens with one attached hydrogen (secondary N) is 2. The van der Waals surface area contributed by atoms with E-state index in [2.05, 4.69) is 15.5 Å². The molecule has 3 aromatic carbocycles. The lowest BCUT2D eigenvalue weighted by molar-refractivity contribution is 0.101. The van der Waals surface area contributed by atoms with Crippen LogP contribution in [0.3, 0.4) is 0 Å². The maximum Gasteiger partial charge on any atom is 0.260 e. The number of fused-ring (bicyclic) bond motifs is 1. The van der Waals surface area contributed by atoms with Gasteiger partial charge in [-0.15, -0.1) is 0 Å². The minimum Gasteiger partial charge on any atom is -0.497 e. The molecule has 0 fully saturated rings. The molecule has 1 amide bonds. The number of ether oxygens (including phenoxy) is 2. The Morgan fingerprint density at radius 1 is 0.935 bits per heavy atom. The number of H-pyrrole nitrogens is 1. The molecule has 7 nitrogen and oxygen atoms in total. The Labute approximate surface area is 179 Å². The summed E-state index contributed by atoms with van der Waals surface area (Å²) in [4.78, 5) is 24.5. The average Bonchev–Trinajstić information content (AvgIpc) is 3.20. The molecule has 31 heavy (non-hydrogen) atoms. The molecule has 0 radical (unpaired) electrons. The van der Waals surface area contributed by atoms with Crippen LogP contribution >= 0.6 is 0 Å². The molecule has 0 unspecified atom stereocenters. The number of Topliss-reactive ketones (excluding diaryl/α,β-unsaturated/α-hetero) is 1. The Bertz CT molecular complexity index is 1290. The Balaban J connectivity index is 1.63. The number of ketones is 1. The zero-order valence-electron chi connectivity index (χ0n) is 17.4. The summed E-state index contributed by atoms with van der Waals surface area (Å²) in [5, 5.41) is 10.8. The number of carbonyl (C=O) groups is 2. The summed E-state index contributed by atoms with van der Waals surface area (Å²) >= 11 is 0. The summed E-state index contributed by atoms with van der Waals surface area (Å²) in [6.07, 6.45) is 0. The normalized spacial score (nSPS) is 10.7. The lowest BCUT2D eigenvalue weighted by Gasteiger charge is -2.10. The maximum atomic E-state index is 12.8. The van der Waals surface area contributed by atoms with Crippen molar-refractivity contribution >= 4 is 28.4 Å². The predicted octanol–water partition coefficient (Wildman–Crippen LogP) is 4.70. The fourth-order valence-electron chi connectivity index (χ4n) is 3.37. The first-order chi connectivity index (χ1) is 15.0. The average molecular weight is 415 g/mol. The fourth-order valence-corrected chi connectivity index (χ4v) is 3.37. The van der Waals surface area contributed by atoms with E-state index in [1.54, 1.807) is 38.3 Å². The van der Waals surface area contributed by atoms with Gasteiger partial charge in [-0.3, -0.25) is 14.7 Å². The van der Waals surface area contributed by atoms with Crippen molar-refractivity contribution in [3.8, 4) is 22.6 Å². The number of aromatic nitrogens is 2. The van der Waals surface area contributed by atoms with Crippen molar-refractivity contribution in [2.45, 2.75) is 6.92 Å². The minimum atomic E-state index is -0.342. The largest absolute Gasteiger partial charge is 0.497 e. The van der Waals surface area contributed by atoms with Crippen molar-refractivity contribution in [2.75, 3.05) is 19.5 Å². The van der Waals surface area contributed by atoms with Crippen LogP contribution in [0, 0.1) is 0 Å². The fraction of sp³-hybridized carbons (Fsp3) is 0.125. The first kappa shape index (κ1) is 20.2. The number of benzene rings is 3. The second kappa shape index (κ2) is 8.31. The standard InChI is InChI=1S/C24H21N3O4/c1-14(28)15-5-4-6-16(11-15)17-7-9-19-21(12-17)26-27-23(19)25-24(29)20-10-8-18(30-2)13-22(20)31-3/h4-13H,1-3H3,(H2,25,26,27,29). The number of hydrogen-bond acceptors (Lipinski definition) is 5. The zero-order valence-corrected chi connectivity index (χ0v) is 17.4. The number of hydrogen-bond donors (Lipinski definition) is 2. The van der Waals surface area contributed by atoms with Crippen LogP contribution in [0.2, 0.25) is 0 Å². The molecule has 1 aromatic heterocycles. The van der Waals surface area contributed by atoms with E-state index < -0.39 is 0 Å². The van der Waals surface area contributed by atoms with Gasteiger partial charge in [0.2, 0.25) is 0 Å². The number of nitrogens with zero attached hydrogens (tertiary/aromatic N) is 1. The molecule has 0 aliphatic rings. The van der Waals surface area contributed by atoms with Crippen LogP contribution in [0.4, 0.5) is 5.82 Å². The molecular formula is C24H21N3O4. The van der Waals surface area contributed by atoms with Gasteiger partial charge in [0, 0.05) is 17.0 Å². The lowest BCUT2D eigenvalue weighted by Crippen LogP contribution is -2.13. The summed E-state index contributed by atoms with van der Waals surface area (Å²) in [6, 6.07) is 18.2. The van der Waals surface area contributed by atoms with E-state index in [4.69, 9.17) is 9.47 Å². The zero-order chi connectivity index (χ0) is 22.0. The molecule has 1 heterocycles.